The number of rotatable bonds is 3. The fourth-order valence-corrected chi connectivity index (χ4v) is 0.964. The molecule has 0 fully saturated rings. The van der Waals surface area contributed by atoms with Crippen molar-refractivity contribution in [1.82, 2.24) is 9.97 Å². The van der Waals surface area contributed by atoms with Crippen LogP contribution in [0.2, 0.25) is 0 Å². The van der Waals surface area contributed by atoms with Crippen molar-refractivity contribution in [3.63, 3.8) is 0 Å². The average molecular weight is 181 g/mol. The second-order valence-electron chi connectivity index (χ2n) is 3.05. The lowest BCUT2D eigenvalue weighted by Gasteiger charge is -2.10. The van der Waals surface area contributed by atoms with Gasteiger partial charge in [-0.1, -0.05) is 0 Å². The maximum Gasteiger partial charge on any atom is 0.223 e. The monoisotopic (exact) mass is 181 g/mol. The summed E-state index contributed by atoms with van der Waals surface area (Å²) in [6.45, 7) is 4.08. The number of nitrogens with zero attached hydrogens (tertiary/aromatic N) is 2. The van der Waals surface area contributed by atoms with Crippen LogP contribution in [0.1, 0.15) is 13.8 Å². The van der Waals surface area contributed by atoms with Crippen molar-refractivity contribution < 1.29 is 0 Å². The predicted molar refractivity (Wildman–Crippen MR) is 54.7 cm³/mol. The minimum Gasteiger partial charge on any atom is -0.373 e. The molecule has 0 bridgehead atoms. The van der Waals surface area contributed by atoms with E-state index in [0.29, 0.717) is 6.04 Å². The molecule has 5 heteroatoms. The Morgan fingerprint density at radius 2 is 1.92 bits per heavy atom. The Balaban J connectivity index is 2.88. The molecule has 0 aliphatic heterocycles. The first kappa shape index (κ1) is 9.57. The number of nitrogens with one attached hydrogen (secondary N) is 2. The first-order valence-electron chi connectivity index (χ1n) is 4.20. The molecule has 0 atom stereocenters. The van der Waals surface area contributed by atoms with E-state index in [9.17, 15) is 0 Å². The lowest BCUT2D eigenvalue weighted by Crippen LogP contribution is -2.12. The summed E-state index contributed by atoms with van der Waals surface area (Å²) in [4.78, 5) is 8.01. The molecule has 0 saturated carbocycles. The highest BCUT2D eigenvalue weighted by atomic mass is 15.1. The number of hydrogen-bond donors (Lipinski definition) is 3. The van der Waals surface area contributed by atoms with E-state index in [1.165, 1.54) is 0 Å². The molecule has 1 rings (SSSR count). The van der Waals surface area contributed by atoms with Crippen LogP contribution in [0.5, 0.6) is 0 Å². The standard InChI is InChI=1S/C8H15N5/c1-5(2)11-7-4-6(10-3)12-8(9)13-7/h4-5H,1-3H3,(H4,9,10,11,12,13). The normalized spacial score (nSPS) is 10.2. The van der Waals surface area contributed by atoms with Gasteiger partial charge in [-0.05, 0) is 13.8 Å². The lowest BCUT2D eigenvalue weighted by atomic mass is 10.4. The fourth-order valence-electron chi connectivity index (χ4n) is 0.964. The first-order valence-corrected chi connectivity index (χ1v) is 4.20. The molecule has 0 aromatic carbocycles. The van der Waals surface area contributed by atoms with Crippen molar-refractivity contribution >= 4 is 17.6 Å². The summed E-state index contributed by atoms with van der Waals surface area (Å²) in [5, 5.41) is 6.06. The molecule has 1 aromatic heterocycles. The van der Waals surface area contributed by atoms with E-state index in [0.717, 1.165) is 11.6 Å². The lowest BCUT2D eigenvalue weighted by molar-refractivity contribution is 0.887. The zero-order valence-corrected chi connectivity index (χ0v) is 8.13. The average Bonchev–Trinajstić information content (AvgIpc) is 2.01. The molecule has 0 aliphatic carbocycles. The minimum atomic E-state index is 0.273. The van der Waals surface area contributed by atoms with Crippen molar-refractivity contribution in [2.75, 3.05) is 23.4 Å². The van der Waals surface area contributed by atoms with Gasteiger partial charge in [0.15, 0.2) is 0 Å². The molecule has 1 aromatic rings. The van der Waals surface area contributed by atoms with Crippen LogP contribution in [0, 0.1) is 0 Å². The van der Waals surface area contributed by atoms with Crippen molar-refractivity contribution in [3.05, 3.63) is 6.07 Å². The summed E-state index contributed by atoms with van der Waals surface area (Å²) in [7, 11) is 1.79. The van der Waals surface area contributed by atoms with Gasteiger partial charge < -0.3 is 16.4 Å². The van der Waals surface area contributed by atoms with Crippen LogP contribution < -0.4 is 16.4 Å². The van der Waals surface area contributed by atoms with Crippen LogP contribution in [-0.4, -0.2) is 23.1 Å². The van der Waals surface area contributed by atoms with Crippen LogP contribution in [0.25, 0.3) is 0 Å². The molecule has 0 spiro atoms. The van der Waals surface area contributed by atoms with Gasteiger partial charge in [0.1, 0.15) is 11.6 Å². The highest BCUT2D eigenvalue weighted by molar-refractivity contribution is 5.50. The smallest absolute Gasteiger partial charge is 0.223 e. The predicted octanol–water partition coefficient (Wildman–Crippen LogP) is 0.921. The highest BCUT2D eigenvalue weighted by Crippen LogP contribution is 2.12. The van der Waals surface area contributed by atoms with Gasteiger partial charge in [-0.15, -0.1) is 0 Å². The first-order chi connectivity index (χ1) is 6.11. The molecule has 1 heterocycles. The molecule has 0 amide bonds. The van der Waals surface area contributed by atoms with Crippen molar-refractivity contribution in [2.45, 2.75) is 19.9 Å². The summed E-state index contributed by atoms with van der Waals surface area (Å²) < 4.78 is 0. The van der Waals surface area contributed by atoms with Gasteiger partial charge >= 0.3 is 0 Å². The van der Waals surface area contributed by atoms with Gasteiger partial charge in [-0.2, -0.15) is 9.97 Å². The van der Waals surface area contributed by atoms with Crippen LogP contribution in [0.15, 0.2) is 6.07 Å². The van der Waals surface area contributed by atoms with Crippen LogP contribution >= 0.6 is 0 Å². The third-order valence-corrected chi connectivity index (χ3v) is 1.44. The topological polar surface area (TPSA) is 75.9 Å². The molecular weight excluding hydrogens is 166 g/mol. The van der Waals surface area contributed by atoms with E-state index in [4.69, 9.17) is 5.73 Å². The van der Waals surface area contributed by atoms with Crippen LogP contribution in [0.3, 0.4) is 0 Å². The Bertz CT molecular complexity index is 284. The Hall–Kier alpha value is -1.52. The quantitative estimate of drug-likeness (QED) is 0.646. The Morgan fingerprint density at radius 3 is 2.46 bits per heavy atom. The van der Waals surface area contributed by atoms with Gasteiger partial charge in [-0.25, -0.2) is 0 Å². The van der Waals surface area contributed by atoms with E-state index in [-0.39, 0.29) is 5.95 Å². The highest BCUT2D eigenvalue weighted by Gasteiger charge is 2.01. The molecule has 72 valence electrons. The second kappa shape index (κ2) is 3.93. The second-order valence-corrected chi connectivity index (χ2v) is 3.05. The van der Waals surface area contributed by atoms with Crippen molar-refractivity contribution in [3.8, 4) is 0 Å². The third kappa shape index (κ3) is 2.77. The van der Waals surface area contributed by atoms with Crippen LogP contribution in [0.4, 0.5) is 17.6 Å². The number of nitrogen functional groups attached to an aromatic ring is 1. The van der Waals surface area contributed by atoms with Gasteiger partial charge in [0.25, 0.3) is 0 Å². The number of hydrogen-bond acceptors (Lipinski definition) is 5. The summed E-state index contributed by atoms with van der Waals surface area (Å²) in [6, 6.07) is 2.15. The molecule has 0 aliphatic rings. The van der Waals surface area contributed by atoms with Crippen LogP contribution in [-0.2, 0) is 0 Å². The van der Waals surface area contributed by atoms with Gasteiger partial charge in [0, 0.05) is 19.2 Å². The van der Waals surface area contributed by atoms with Gasteiger partial charge in [0.2, 0.25) is 5.95 Å². The maximum absolute atomic E-state index is 5.51. The van der Waals surface area contributed by atoms with Gasteiger partial charge in [-0.3, -0.25) is 0 Å². The Labute approximate surface area is 77.8 Å². The number of anilines is 3. The van der Waals surface area contributed by atoms with E-state index in [1.807, 2.05) is 19.9 Å². The molecule has 0 unspecified atom stereocenters. The largest absolute Gasteiger partial charge is 0.373 e. The minimum absolute atomic E-state index is 0.273. The zero-order chi connectivity index (χ0) is 9.84. The summed E-state index contributed by atoms with van der Waals surface area (Å²) >= 11 is 0. The van der Waals surface area contributed by atoms with E-state index in [1.54, 1.807) is 7.05 Å². The Morgan fingerprint density at radius 1 is 1.31 bits per heavy atom. The number of aromatic nitrogens is 2. The SMILES string of the molecule is CNc1cc(NC(C)C)nc(N)n1. The van der Waals surface area contributed by atoms with Crippen molar-refractivity contribution in [1.29, 1.82) is 0 Å². The number of nitrogens with two attached hydrogens (primary N) is 1. The molecule has 13 heavy (non-hydrogen) atoms. The maximum atomic E-state index is 5.51. The summed E-state index contributed by atoms with van der Waals surface area (Å²) in [5.74, 6) is 1.73. The fraction of sp³-hybridized carbons (Fsp3) is 0.500. The Kier molecular flexibility index (Phi) is 2.89. The molecule has 0 radical (unpaired) electrons. The molecule has 0 saturated heterocycles. The molecule has 4 N–H and O–H groups in total. The van der Waals surface area contributed by atoms with Gasteiger partial charge in [0.05, 0.1) is 0 Å². The third-order valence-electron chi connectivity index (χ3n) is 1.44. The van der Waals surface area contributed by atoms with E-state index < -0.39 is 0 Å². The molecular formula is C8H15N5. The van der Waals surface area contributed by atoms with E-state index in [2.05, 4.69) is 20.6 Å². The summed E-state index contributed by atoms with van der Waals surface area (Å²) in [5.41, 5.74) is 5.51. The van der Waals surface area contributed by atoms with E-state index >= 15 is 0 Å². The molecule has 5 nitrogen and oxygen atoms in total. The van der Waals surface area contributed by atoms with Crippen molar-refractivity contribution in [2.24, 2.45) is 0 Å². The zero-order valence-electron chi connectivity index (χ0n) is 8.13. The summed E-state index contributed by atoms with van der Waals surface area (Å²) in [6.07, 6.45) is 0.